The van der Waals surface area contributed by atoms with Gasteiger partial charge < -0.3 is 0 Å². The molecule has 0 N–H and O–H groups in total. The highest BCUT2D eigenvalue weighted by atomic mass is 16.1. The molecular weight excluding hydrogens is 252 g/mol. The maximum atomic E-state index is 10.1. The van der Waals surface area contributed by atoms with E-state index in [1.165, 1.54) is 12.2 Å². The van der Waals surface area contributed by atoms with Crippen molar-refractivity contribution in [1.82, 2.24) is 0 Å². The van der Waals surface area contributed by atoms with Gasteiger partial charge in [-0.2, -0.15) is 9.98 Å². The zero-order valence-electron chi connectivity index (χ0n) is 11.5. The van der Waals surface area contributed by atoms with Crippen LogP contribution < -0.4 is 0 Å². The molecule has 4 heteroatoms. The van der Waals surface area contributed by atoms with Gasteiger partial charge in [0.15, 0.2) is 0 Å². The molecule has 4 nitrogen and oxygen atoms in total. The summed E-state index contributed by atoms with van der Waals surface area (Å²) in [7, 11) is 0. The van der Waals surface area contributed by atoms with Crippen LogP contribution in [0.15, 0.2) is 58.1 Å². The van der Waals surface area contributed by atoms with Crippen LogP contribution in [0.5, 0.6) is 0 Å². The molecule has 0 fully saturated rings. The van der Waals surface area contributed by atoms with E-state index in [9.17, 15) is 9.59 Å². The van der Waals surface area contributed by atoms with Crippen LogP contribution >= 0.6 is 0 Å². The second-order valence-electron chi connectivity index (χ2n) is 4.23. The zero-order chi connectivity index (χ0) is 14.8. The van der Waals surface area contributed by atoms with Gasteiger partial charge >= 0.3 is 0 Å². The molecule has 0 amide bonds. The second-order valence-corrected chi connectivity index (χ2v) is 4.23. The number of nitrogens with zero attached hydrogens (tertiary/aromatic N) is 2. The molecule has 0 heterocycles. The summed E-state index contributed by atoms with van der Waals surface area (Å²) >= 11 is 0. The first-order valence-electron chi connectivity index (χ1n) is 6.26. The first-order chi connectivity index (χ1) is 9.69. The van der Waals surface area contributed by atoms with E-state index in [4.69, 9.17) is 0 Å². The predicted molar refractivity (Wildman–Crippen MR) is 78.4 cm³/mol. The summed E-state index contributed by atoms with van der Waals surface area (Å²) in [6.45, 7) is 3.78. The molecule has 1 unspecified atom stereocenters. The summed E-state index contributed by atoms with van der Waals surface area (Å²) in [6, 6.07) is 7.21. The maximum absolute atomic E-state index is 10.1. The van der Waals surface area contributed by atoms with Gasteiger partial charge in [-0.1, -0.05) is 30.4 Å². The van der Waals surface area contributed by atoms with Gasteiger partial charge in [0.25, 0.3) is 0 Å². The Bertz CT molecular complexity index is 587. The number of allylic oxidation sites excluding steroid dienone is 3. The molecule has 102 valence electrons. The van der Waals surface area contributed by atoms with E-state index in [2.05, 4.69) is 9.98 Å². The van der Waals surface area contributed by atoms with Crippen molar-refractivity contribution in [3.63, 3.8) is 0 Å². The Kier molecular flexibility index (Phi) is 6.63. The summed E-state index contributed by atoms with van der Waals surface area (Å²) in [4.78, 5) is 27.4. The lowest BCUT2D eigenvalue weighted by Gasteiger charge is -2.03. The Labute approximate surface area is 118 Å². The van der Waals surface area contributed by atoms with Gasteiger partial charge in [-0.05, 0) is 43.5 Å². The third-order valence-corrected chi connectivity index (χ3v) is 2.74. The fraction of sp³-hybridized carbons (Fsp3) is 0.250. The van der Waals surface area contributed by atoms with Crippen molar-refractivity contribution in [2.45, 2.75) is 26.3 Å². The SMILES string of the molecule is C/C=C(\C=C/C(C)N=C=O)Cc1ccc(N=C=O)cc1. The molecule has 0 radical (unpaired) electrons. The molecule has 0 spiro atoms. The zero-order valence-corrected chi connectivity index (χ0v) is 11.5. The standard InChI is InChI=1S/C16H16N2O2/c1-3-14(5-4-13(2)17-11-19)10-15-6-8-16(9-7-15)18-12-20/h3-9,13H,10H2,1-2H3/b5-4-,14-3+. The number of aliphatic imine (C=N–C) groups is 2. The van der Waals surface area contributed by atoms with Crippen LogP contribution in [0, 0.1) is 0 Å². The molecule has 0 aliphatic heterocycles. The van der Waals surface area contributed by atoms with Crippen LogP contribution in [-0.4, -0.2) is 18.2 Å². The van der Waals surface area contributed by atoms with Crippen molar-refractivity contribution >= 4 is 17.8 Å². The molecule has 0 aliphatic carbocycles. The van der Waals surface area contributed by atoms with E-state index in [0.29, 0.717) is 5.69 Å². The normalized spacial score (nSPS) is 12.6. The lowest BCUT2D eigenvalue weighted by Crippen LogP contribution is -1.93. The number of carbonyl (C=O) groups excluding carboxylic acids is 2. The first-order valence-corrected chi connectivity index (χ1v) is 6.26. The van der Waals surface area contributed by atoms with Crippen molar-refractivity contribution < 1.29 is 9.59 Å². The topological polar surface area (TPSA) is 58.9 Å². The highest BCUT2D eigenvalue weighted by Gasteiger charge is 1.98. The fourth-order valence-corrected chi connectivity index (χ4v) is 1.62. The first kappa shape index (κ1) is 15.5. The molecule has 1 aromatic carbocycles. The van der Waals surface area contributed by atoms with Crippen LogP contribution in [0.1, 0.15) is 19.4 Å². The summed E-state index contributed by atoms with van der Waals surface area (Å²) in [5.41, 5.74) is 2.82. The Balaban J connectivity index is 2.74. The van der Waals surface area contributed by atoms with Crippen molar-refractivity contribution in [1.29, 1.82) is 0 Å². The summed E-state index contributed by atoms with van der Waals surface area (Å²) in [6.07, 6.45) is 9.61. The Morgan fingerprint density at radius 3 is 2.50 bits per heavy atom. The third kappa shape index (κ3) is 5.40. The number of isocyanates is 2. The molecule has 0 aliphatic rings. The Morgan fingerprint density at radius 1 is 1.25 bits per heavy atom. The van der Waals surface area contributed by atoms with E-state index in [-0.39, 0.29) is 6.04 Å². The average molecular weight is 268 g/mol. The van der Waals surface area contributed by atoms with E-state index < -0.39 is 0 Å². The average Bonchev–Trinajstić information content (AvgIpc) is 2.46. The quantitative estimate of drug-likeness (QED) is 0.451. The van der Waals surface area contributed by atoms with Crippen LogP contribution in [0.3, 0.4) is 0 Å². The fourth-order valence-electron chi connectivity index (χ4n) is 1.62. The van der Waals surface area contributed by atoms with Gasteiger partial charge in [0.05, 0.1) is 11.7 Å². The maximum Gasteiger partial charge on any atom is 0.240 e. The van der Waals surface area contributed by atoms with Gasteiger partial charge in [-0.3, -0.25) is 0 Å². The molecular formula is C16H16N2O2. The number of benzene rings is 1. The Hall–Kier alpha value is -2.54. The van der Waals surface area contributed by atoms with E-state index >= 15 is 0 Å². The number of hydrogen-bond acceptors (Lipinski definition) is 4. The number of hydrogen-bond donors (Lipinski definition) is 0. The van der Waals surface area contributed by atoms with Crippen LogP contribution in [0.2, 0.25) is 0 Å². The minimum absolute atomic E-state index is 0.174. The molecule has 20 heavy (non-hydrogen) atoms. The second kappa shape index (κ2) is 8.54. The smallest absolute Gasteiger partial charge is 0.211 e. The largest absolute Gasteiger partial charge is 0.240 e. The van der Waals surface area contributed by atoms with Crippen LogP contribution in [-0.2, 0) is 16.0 Å². The Morgan fingerprint density at radius 2 is 1.95 bits per heavy atom. The van der Waals surface area contributed by atoms with E-state index in [0.717, 1.165) is 17.6 Å². The summed E-state index contributed by atoms with van der Waals surface area (Å²) in [5, 5.41) is 0. The molecule has 0 saturated carbocycles. The van der Waals surface area contributed by atoms with Crippen LogP contribution in [0.4, 0.5) is 5.69 Å². The molecule has 1 aromatic rings. The predicted octanol–water partition coefficient (Wildman–Crippen LogP) is 3.42. The van der Waals surface area contributed by atoms with Gasteiger partial charge in [0, 0.05) is 0 Å². The third-order valence-electron chi connectivity index (χ3n) is 2.74. The number of rotatable bonds is 6. The summed E-state index contributed by atoms with van der Waals surface area (Å²) < 4.78 is 0. The van der Waals surface area contributed by atoms with Crippen molar-refractivity contribution in [3.8, 4) is 0 Å². The van der Waals surface area contributed by atoms with Crippen molar-refractivity contribution in [2.24, 2.45) is 9.98 Å². The minimum Gasteiger partial charge on any atom is -0.211 e. The summed E-state index contributed by atoms with van der Waals surface area (Å²) in [5.74, 6) is 0. The van der Waals surface area contributed by atoms with Crippen molar-refractivity contribution in [3.05, 3.63) is 53.6 Å². The minimum atomic E-state index is -0.174. The molecule has 1 rings (SSSR count). The molecule has 1 atom stereocenters. The van der Waals surface area contributed by atoms with E-state index in [1.54, 1.807) is 12.1 Å². The van der Waals surface area contributed by atoms with Crippen LogP contribution in [0.25, 0.3) is 0 Å². The lowest BCUT2D eigenvalue weighted by molar-refractivity contribution is 0.561. The molecule has 0 saturated heterocycles. The van der Waals surface area contributed by atoms with Gasteiger partial charge in [0.2, 0.25) is 12.2 Å². The highest BCUT2D eigenvalue weighted by molar-refractivity contribution is 5.49. The van der Waals surface area contributed by atoms with Gasteiger partial charge in [0.1, 0.15) is 0 Å². The highest BCUT2D eigenvalue weighted by Crippen LogP contribution is 2.15. The van der Waals surface area contributed by atoms with Gasteiger partial charge in [-0.15, -0.1) is 0 Å². The van der Waals surface area contributed by atoms with Gasteiger partial charge in [-0.25, -0.2) is 9.59 Å². The van der Waals surface area contributed by atoms with Crippen molar-refractivity contribution in [2.75, 3.05) is 0 Å². The van der Waals surface area contributed by atoms with E-state index in [1.807, 2.05) is 44.2 Å². The monoisotopic (exact) mass is 268 g/mol. The molecule has 0 bridgehead atoms. The molecule has 0 aromatic heterocycles. The lowest BCUT2D eigenvalue weighted by atomic mass is 10.0.